The molecular formula is C13H22O4. The van der Waals surface area contributed by atoms with Crippen LogP contribution in [0.1, 0.15) is 58.8 Å². The van der Waals surface area contributed by atoms with Gasteiger partial charge in [-0.25, -0.2) is 9.59 Å². The van der Waals surface area contributed by atoms with Gasteiger partial charge in [-0.2, -0.15) is 0 Å². The van der Waals surface area contributed by atoms with Crippen molar-refractivity contribution < 1.29 is 19.8 Å². The smallest absolute Gasteiger partial charge is 0.332 e. The number of hydrogen-bond acceptors (Lipinski definition) is 2. The van der Waals surface area contributed by atoms with E-state index in [1.807, 2.05) is 6.92 Å². The second kappa shape index (κ2) is 8.79. The molecule has 0 aromatic heterocycles. The predicted octanol–water partition coefficient (Wildman–Crippen LogP) is 3.22. The Morgan fingerprint density at radius 2 is 1.29 bits per heavy atom. The van der Waals surface area contributed by atoms with E-state index in [1.165, 1.54) is 0 Å². The summed E-state index contributed by atoms with van der Waals surface area (Å²) in [4.78, 5) is 22.1. The molecule has 0 aromatic carbocycles. The van der Waals surface area contributed by atoms with E-state index >= 15 is 0 Å². The Morgan fingerprint density at radius 1 is 0.765 bits per heavy atom. The minimum absolute atomic E-state index is 0.0662. The number of rotatable bonds is 9. The Labute approximate surface area is 102 Å². The van der Waals surface area contributed by atoms with Crippen LogP contribution in [-0.2, 0) is 9.59 Å². The fraction of sp³-hybridized carbons (Fsp3) is 0.692. The normalized spacial score (nSPS) is 12.1. The quantitative estimate of drug-likeness (QED) is 0.481. The third-order valence-corrected chi connectivity index (χ3v) is 2.66. The summed E-state index contributed by atoms with van der Waals surface area (Å²) in [6.45, 7) is 3.92. The van der Waals surface area contributed by atoms with Gasteiger partial charge >= 0.3 is 11.9 Å². The molecule has 0 rings (SSSR count). The van der Waals surface area contributed by atoms with Crippen LogP contribution in [0.15, 0.2) is 11.1 Å². The zero-order chi connectivity index (χ0) is 13.3. The number of aliphatic carboxylic acids is 2. The van der Waals surface area contributed by atoms with Gasteiger partial charge in [0, 0.05) is 11.1 Å². The van der Waals surface area contributed by atoms with Gasteiger partial charge in [-0.1, -0.05) is 39.5 Å². The van der Waals surface area contributed by atoms with E-state index in [-0.39, 0.29) is 11.1 Å². The molecule has 0 heterocycles. The van der Waals surface area contributed by atoms with Gasteiger partial charge in [0.15, 0.2) is 0 Å². The standard InChI is InChI=1S/C13H22O4/c1-3-5-6-7-9-11(13(16)17)10(8-4-2)12(14)15/h3-9H2,1-2H3,(H,14,15)(H,16,17). The molecule has 4 nitrogen and oxygen atoms in total. The first kappa shape index (κ1) is 15.7. The zero-order valence-corrected chi connectivity index (χ0v) is 10.7. The molecule has 0 aliphatic heterocycles. The lowest BCUT2D eigenvalue weighted by Gasteiger charge is -2.08. The molecule has 0 bridgehead atoms. The second-order valence-electron chi connectivity index (χ2n) is 4.13. The van der Waals surface area contributed by atoms with Crippen molar-refractivity contribution in [3.8, 4) is 0 Å². The van der Waals surface area contributed by atoms with Crippen LogP contribution in [0.5, 0.6) is 0 Å². The van der Waals surface area contributed by atoms with Gasteiger partial charge in [0.25, 0.3) is 0 Å². The van der Waals surface area contributed by atoms with Crippen LogP contribution in [0.4, 0.5) is 0 Å². The summed E-state index contributed by atoms with van der Waals surface area (Å²) in [5.74, 6) is -2.19. The molecule has 4 heteroatoms. The molecule has 2 N–H and O–H groups in total. The maximum absolute atomic E-state index is 11.1. The highest BCUT2D eigenvalue weighted by Gasteiger charge is 2.18. The molecule has 0 aliphatic carbocycles. The van der Waals surface area contributed by atoms with Gasteiger partial charge in [-0.3, -0.25) is 0 Å². The fourth-order valence-corrected chi connectivity index (χ4v) is 1.75. The van der Waals surface area contributed by atoms with Gasteiger partial charge in [-0.15, -0.1) is 0 Å². The van der Waals surface area contributed by atoms with Crippen molar-refractivity contribution in [2.75, 3.05) is 0 Å². The lowest BCUT2D eigenvalue weighted by Crippen LogP contribution is -2.11. The molecule has 0 atom stereocenters. The molecule has 0 saturated carbocycles. The Morgan fingerprint density at radius 3 is 1.71 bits per heavy atom. The van der Waals surface area contributed by atoms with Crippen molar-refractivity contribution in [1.29, 1.82) is 0 Å². The van der Waals surface area contributed by atoms with Gasteiger partial charge in [0.1, 0.15) is 0 Å². The average Bonchev–Trinajstić information content (AvgIpc) is 2.26. The SMILES string of the molecule is CCCCCCC(C(=O)O)=C(CCC)C(=O)O. The van der Waals surface area contributed by atoms with E-state index in [9.17, 15) is 9.59 Å². The lowest BCUT2D eigenvalue weighted by atomic mass is 9.98. The molecule has 0 saturated heterocycles. The Kier molecular flexibility index (Phi) is 8.11. The van der Waals surface area contributed by atoms with E-state index in [1.54, 1.807) is 0 Å². The van der Waals surface area contributed by atoms with Crippen LogP contribution >= 0.6 is 0 Å². The molecular weight excluding hydrogens is 220 g/mol. The Balaban J connectivity index is 4.70. The maximum Gasteiger partial charge on any atom is 0.332 e. The summed E-state index contributed by atoms with van der Waals surface area (Å²) in [6.07, 6.45) is 5.16. The molecule has 0 aliphatic rings. The molecule has 17 heavy (non-hydrogen) atoms. The van der Waals surface area contributed by atoms with Crippen LogP contribution in [-0.4, -0.2) is 22.2 Å². The first-order valence-corrected chi connectivity index (χ1v) is 6.23. The number of carboxylic acid groups (broad SMARTS) is 2. The van der Waals surface area contributed by atoms with E-state index in [2.05, 4.69) is 6.92 Å². The highest BCUT2D eigenvalue weighted by Crippen LogP contribution is 2.18. The van der Waals surface area contributed by atoms with Crippen molar-refractivity contribution in [3.05, 3.63) is 11.1 Å². The van der Waals surface area contributed by atoms with E-state index in [0.29, 0.717) is 19.3 Å². The highest BCUT2D eigenvalue weighted by atomic mass is 16.4. The minimum Gasteiger partial charge on any atom is -0.478 e. The van der Waals surface area contributed by atoms with Crippen molar-refractivity contribution in [2.24, 2.45) is 0 Å². The number of carbonyl (C=O) groups is 2. The van der Waals surface area contributed by atoms with Gasteiger partial charge < -0.3 is 10.2 Å². The summed E-state index contributed by atoms with van der Waals surface area (Å²) in [7, 11) is 0. The van der Waals surface area contributed by atoms with Crippen LogP contribution in [0, 0.1) is 0 Å². The number of unbranched alkanes of at least 4 members (excludes halogenated alkanes) is 3. The molecule has 0 fully saturated rings. The summed E-state index contributed by atoms with van der Waals surface area (Å²) in [5, 5.41) is 18.1. The largest absolute Gasteiger partial charge is 0.478 e. The molecule has 0 aromatic rings. The molecule has 0 amide bonds. The monoisotopic (exact) mass is 242 g/mol. The first-order valence-electron chi connectivity index (χ1n) is 6.23. The Hall–Kier alpha value is -1.32. The number of hydrogen-bond donors (Lipinski definition) is 2. The fourth-order valence-electron chi connectivity index (χ4n) is 1.75. The maximum atomic E-state index is 11.1. The summed E-state index contributed by atoms with van der Waals surface area (Å²) < 4.78 is 0. The zero-order valence-electron chi connectivity index (χ0n) is 10.7. The first-order chi connectivity index (χ1) is 8.04. The molecule has 0 spiro atoms. The van der Waals surface area contributed by atoms with Crippen molar-refractivity contribution in [3.63, 3.8) is 0 Å². The lowest BCUT2D eigenvalue weighted by molar-refractivity contribution is -0.136. The van der Waals surface area contributed by atoms with Crippen LogP contribution < -0.4 is 0 Å². The van der Waals surface area contributed by atoms with Gasteiger partial charge in [0.05, 0.1) is 0 Å². The second-order valence-corrected chi connectivity index (χ2v) is 4.13. The third-order valence-electron chi connectivity index (χ3n) is 2.66. The van der Waals surface area contributed by atoms with Crippen LogP contribution in [0.3, 0.4) is 0 Å². The molecule has 0 unspecified atom stereocenters. The van der Waals surface area contributed by atoms with Gasteiger partial charge in [0.2, 0.25) is 0 Å². The van der Waals surface area contributed by atoms with Crippen molar-refractivity contribution in [1.82, 2.24) is 0 Å². The number of carboxylic acids is 2. The van der Waals surface area contributed by atoms with Crippen molar-refractivity contribution in [2.45, 2.75) is 58.8 Å². The van der Waals surface area contributed by atoms with E-state index < -0.39 is 11.9 Å². The highest BCUT2D eigenvalue weighted by molar-refractivity contribution is 5.98. The summed E-state index contributed by atoms with van der Waals surface area (Å²) >= 11 is 0. The van der Waals surface area contributed by atoms with E-state index in [4.69, 9.17) is 10.2 Å². The molecule has 0 radical (unpaired) electrons. The summed E-state index contributed by atoms with van der Waals surface area (Å²) in [6, 6.07) is 0. The predicted molar refractivity (Wildman–Crippen MR) is 66.0 cm³/mol. The minimum atomic E-state index is -1.10. The van der Waals surface area contributed by atoms with Crippen LogP contribution in [0.2, 0.25) is 0 Å². The van der Waals surface area contributed by atoms with Crippen molar-refractivity contribution >= 4 is 11.9 Å². The topological polar surface area (TPSA) is 74.6 Å². The Bertz CT molecular complexity index is 292. The van der Waals surface area contributed by atoms with Gasteiger partial charge in [-0.05, 0) is 19.3 Å². The van der Waals surface area contributed by atoms with E-state index in [0.717, 1.165) is 25.7 Å². The van der Waals surface area contributed by atoms with Crippen LogP contribution in [0.25, 0.3) is 0 Å². The molecule has 98 valence electrons. The third kappa shape index (κ3) is 6.09. The average molecular weight is 242 g/mol. The summed E-state index contributed by atoms with van der Waals surface area (Å²) in [5.41, 5.74) is 0.145.